The van der Waals surface area contributed by atoms with Gasteiger partial charge in [-0.25, -0.2) is 4.39 Å². The second-order valence-corrected chi connectivity index (χ2v) is 6.26. The molecule has 1 aliphatic carbocycles. The van der Waals surface area contributed by atoms with Crippen LogP contribution in [0.5, 0.6) is 0 Å². The summed E-state index contributed by atoms with van der Waals surface area (Å²) in [7, 11) is 0. The average molecular weight is 312 g/mol. The highest BCUT2D eigenvalue weighted by Crippen LogP contribution is 2.30. The van der Waals surface area contributed by atoms with Crippen molar-refractivity contribution in [1.29, 1.82) is 0 Å². The van der Waals surface area contributed by atoms with E-state index in [1.165, 1.54) is 12.1 Å². The van der Waals surface area contributed by atoms with Crippen LogP contribution in [0.1, 0.15) is 43.2 Å². The Hall–Kier alpha value is -2.23. The summed E-state index contributed by atoms with van der Waals surface area (Å²) < 4.78 is 13.0. The van der Waals surface area contributed by atoms with E-state index >= 15 is 0 Å². The molecule has 0 spiro atoms. The number of nitrogens with zero attached hydrogens (tertiary/aromatic N) is 2. The lowest BCUT2D eigenvalue weighted by Gasteiger charge is -2.24. The largest absolute Gasteiger partial charge is 0.335 e. The van der Waals surface area contributed by atoms with Crippen LogP contribution in [-0.4, -0.2) is 21.8 Å². The fourth-order valence-corrected chi connectivity index (χ4v) is 2.78. The molecule has 23 heavy (non-hydrogen) atoms. The van der Waals surface area contributed by atoms with Crippen molar-refractivity contribution in [2.45, 2.75) is 44.7 Å². The predicted molar refractivity (Wildman–Crippen MR) is 87.2 cm³/mol. The van der Waals surface area contributed by atoms with Gasteiger partial charge in [-0.15, -0.1) is 0 Å². The number of carbonyl (C=O) groups excluding carboxylic acids is 1. The smallest absolute Gasteiger partial charge is 0.223 e. The van der Waals surface area contributed by atoms with E-state index < -0.39 is 0 Å². The molecule has 1 heterocycles. The molecule has 1 fully saturated rings. The molecular weight excluding hydrogens is 291 g/mol. The molecule has 1 atom stereocenters. The zero-order valence-electron chi connectivity index (χ0n) is 13.3. The summed E-state index contributed by atoms with van der Waals surface area (Å²) in [5, 5.41) is 0. The fraction of sp³-hybridized carbons (Fsp3) is 0.368. The Morgan fingerprint density at radius 2 is 1.87 bits per heavy atom. The SMILES string of the molecule is CC(CC(=O)N(Cc1ccncc1)C1CC1)c1ccc(F)cc1. The van der Waals surface area contributed by atoms with Crippen LogP contribution in [0, 0.1) is 5.82 Å². The molecule has 1 aromatic heterocycles. The van der Waals surface area contributed by atoms with E-state index in [0.29, 0.717) is 19.0 Å². The standard InChI is InChI=1S/C19H21FN2O/c1-14(16-2-4-17(20)5-3-16)12-19(23)22(18-6-7-18)13-15-8-10-21-11-9-15/h2-5,8-11,14,18H,6-7,12-13H2,1H3. The van der Waals surface area contributed by atoms with Crippen LogP contribution in [0.3, 0.4) is 0 Å². The Kier molecular flexibility index (Phi) is 4.70. The molecule has 0 aliphatic heterocycles. The minimum absolute atomic E-state index is 0.0850. The van der Waals surface area contributed by atoms with Crippen molar-refractivity contribution in [3.8, 4) is 0 Å². The molecule has 1 amide bonds. The highest BCUT2D eigenvalue weighted by Gasteiger charge is 2.32. The molecule has 0 N–H and O–H groups in total. The van der Waals surface area contributed by atoms with E-state index in [9.17, 15) is 9.18 Å². The minimum atomic E-state index is -0.246. The first-order chi connectivity index (χ1) is 11.1. The van der Waals surface area contributed by atoms with Gasteiger partial charge < -0.3 is 4.90 Å². The molecule has 3 rings (SSSR count). The lowest BCUT2D eigenvalue weighted by molar-refractivity contribution is -0.132. The Morgan fingerprint density at radius 1 is 1.22 bits per heavy atom. The third-order valence-corrected chi connectivity index (χ3v) is 4.33. The molecule has 3 nitrogen and oxygen atoms in total. The molecule has 120 valence electrons. The zero-order chi connectivity index (χ0) is 16.2. The first-order valence-electron chi connectivity index (χ1n) is 8.07. The number of rotatable bonds is 6. The van der Waals surface area contributed by atoms with E-state index in [0.717, 1.165) is 24.0 Å². The topological polar surface area (TPSA) is 33.2 Å². The lowest BCUT2D eigenvalue weighted by atomic mass is 9.97. The molecule has 0 bridgehead atoms. The van der Waals surface area contributed by atoms with Gasteiger partial charge in [0, 0.05) is 31.4 Å². The highest BCUT2D eigenvalue weighted by atomic mass is 19.1. The molecule has 1 saturated carbocycles. The van der Waals surface area contributed by atoms with Gasteiger partial charge in [-0.1, -0.05) is 19.1 Å². The Balaban J connectivity index is 1.65. The maximum absolute atomic E-state index is 13.0. The predicted octanol–water partition coefficient (Wildman–Crippen LogP) is 3.91. The monoisotopic (exact) mass is 312 g/mol. The Labute approximate surface area is 136 Å². The van der Waals surface area contributed by atoms with Crippen LogP contribution in [-0.2, 0) is 11.3 Å². The fourth-order valence-electron chi connectivity index (χ4n) is 2.78. The summed E-state index contributed by atoms with van der Waals surface area (Å²) in [5.41, 5.74) is 2.11. The number of pyridine rings is 1. The van der Waals surface area contributed by atoms with Crippen molar-refractivity contribution in [3.05, 3.63) is 65.7 Å². The van der Waals surface area contributed by atoms with E-state index in [1.54, 1.807) is 24.5 Å². The molecule has 4 heteroatoms. The second-order valence-electron chi connectivity index (χ2n) is 6.26. The number of benzene rings is 1. The van der Waals surface area contributed by atoms with E-state index in [1.807, 2.05) is 24.0 Å². The van der Waals surface area contributed by atoms with Crippen molar-refractivity contribution in [2.75, 3.05) is 0 Å². The number of carbonyl (C=O) groups is 1. The van der Waals surface area contributed by atoms with Crippen molar-refractivity contribution < 1.29 is 9.18 Å². The van der Waals surface area contributed by atoms with Crippen LogP contribution in [0.15, 0.2) is 48.8 Å². The summed E-state index contributed by atoms with van der Waals surface area (Å²) >= 11 is 0. The number of amides is 1. The van der Waals surface area contributed by atoms with Crippen LogP contribution in [0.4, 0.5) is 4.39 Å². The van der Waals surface area contributed by atoms with Gasteiger partial charge in [0.1, 0.15) is 5.82 Å². The van der Waals surface area contributed by atoms with E-state index in [2.05, 4.69) is 4.98 Å². The summed E-state index contributed by atoms with van der Waals surface area (Å²) in [6, 6.07) is 10.7. The van der Waals surface area contributed by atoms with Gasteiger partial charge in [-0.2, -0.15) is 0 Å². The van der Waals surface area contributed by atoms with Crippen LogP contribution < -0.4 is 0 Å². The first-order valence-corrected chi connectivity index (χ1v) is 8.07. The van der Waals surface area contributed by atoms with Crippen molar-refractivity contribution in [1.82, 2.24) is 9.88 Å². The molecule has 2 aromatic rings. The van der Waals surface area contributed by atoms with Gasteiger partial charge in [0.15, 0.2) is 0 Å². The summed E-state index contributed by atoms with van der Waals surface area (Å²) in [6.07, 6.45) is 6.13. The van der Waals surface area contributed by atoms with Gasteiger partial charge >= 0.3 is 0 Å². The molecule has 0 saturated heterocycles. The maximum Gasteiger partial charge on any atom is 0.223 e. The van der Waals surface area contributed by atoms with Crippen LogP contribution >= 0.6 is 0 Å². The molecule has 1 aromatic carbocycles. The van der Waals surface area contributed by atoms with Gasteiger partial charge in [0.25, 0.3) is 0 Å². The average Bonchev–Trinajstić information content (AvgIpc) is 3.39. The summed E-state index contributed by atoms with van der Waals surface area (Å²) in [5.74, 6) is 0.00694. The zero-order valence-corrected chi connectivity index (χ0v) is 13.3. The minimum Gasteiger partial charge on any atom is -0.335 e. The Bertz CT molecular complexity index is 653. The van der Waals surface area contributed by atoms with Gasteiger partial charge in [-0.3, -0.25) is 9.78 Å². The second kappa shape index (κ2) is 6.90. The molecule has 1 aliphatic rings. The number of hydrogen-bond acceptors (Lipinski definition) is 2. The number of aromatic nitrogens is 1. The maximum atomic E-state index is 13.0. The Morgan fingerprint density at radius 3 is 2.48 bits per heavy atom. The normalized spacial score (nSPS) is 15.2. The van der Waals surface area contributed by atoms with Crippen LogP contribution in [0.25, 0.3) is 0 Å². The highest BCUT2D eigenvalue weighted by molar-refractivity contribution is 5.77. The quantitative estimate of drug-likeness (QED) is 0.810. The van der Waals surface area contributed by atoms with Crippen molar-refractivity contribution >= 4 is 5.91 Å². The summed E-state index contributed by atoms with van der Waals surface area (Å²) in [4.78, 5) is 18.7. The lowest BCUT2D eigenvalue weighted by Crippen LogP contribution is -2.33. The molecule has 1 unspecified atom stereocenters. The van der Waals surface area contributed by atoms with E-state index in [4.69, 9.17) is 0 Å². The molecule has 0 radical (unpaired) electrons. The number of hydrogen-bond donors (Lipinski definition) is 0. The first kappa shape index (κ1) is 15.7. The van der Waals surface area contributed by atoms with Crippen molar-refractivity contribution in [2.24, 2.45) is 0 Å². The van der Waals surface area contributed by atoms with Gasteiger partial charge in [0.2, 0.25) is 5.91 Å². The summed E-state index contributed by atoms with van der Waals surface area (Å²) in [6.45, 7) is 2.66. The van der Waals surface area contributed by atoms with E-state index in [-0.39, 0.29) is 17.6 Å². The number of halogens is 1. The third kappa shape index (κ3) is 4.15. The van der Waals surface area contributed by atoms with Crippen LogP contribution in [0.2, 0.25) is 0 Å². The van der Waals surface area contributed by atoms with Crippen molar-refractivity contribution in [3.63, 3.8) is 0 Å². The molecular formula is C19H21FN2O. The van der Waals surface area contributed by atoms with Gasteiger partial charge in [0.05, 0.1) is 0 Å². The third-order valence-electron chi connectivity index (χ3n) is 4.33. The van der Waals surface area contributed by atoms with Gasteiger partial charge in [-0.05, 0) is 54.2 Å².